The van der Waals surface area contributed by atoms with Crippen LogP contribution >= 0.6 is 0 Å². The summed E-state index contributed by atoms with van der Waals surface area (Å²) in [4.78, 5) is 35.7. The lowest BCUT2D eigenvalue weighted by molar-refractivity contribution is -0.135. The van der Waals surface area contributed by atoms with Crippen molar-refractivity contribution in [3.05, 3.63) is 17.0 Å². The average Bonchev–Trinajstić information content (AvgIpc) is 2.56. The quantitative estimate of drug-likeness (QED) is 0.619. The van der Waals surface area contributed by atoms with E-state index in [2.05, 4.69) is 15.5 Å². The maximum absolute atomic E-state index is 12.1. The lowest BCUT2D eigenvalue weighted by Crippen LogP contribution is -2.53. The third-order valence-corrected chi connectivity index (χ3v) is 2.58. The first-order chi connectivity index (χ1) is 7.99. The van der Waals surface area contributed by atoms with Crippen molar-refractivity contribution in [3.63, 3.8) is 0 Å². The molecule has 3 amide bonds. The number of nitrogens with one attached hydrogen (secondary N) is 2. The second kappa shape index (κ2) is 4.00. The fourth-order valence-electron chi connectivity index (χ4n) is 1.80. The summed E-state index contributed by atoms with van der Waals surface area (Å²) in [6.45, 7) is 3.21. The Morgan fingerprint density at radius 1 is 1.24 bits per heavy atom. The summed E-state index contributed by atoms with van der Waals surface area (Å²) in [7, 11) is 0. The first kappa shape index (κ1) is 11.3. The molecule has 1 aliphatic rings. The molecular weight excluding hydrogens is 224 g/mol. The van der Waals surface area contributed by atoms with Crippen LogP contribution in [0, 0.1) is 13.8 Å². The van der Waals surface area contributed by atoms with Crippen molar-refractivity contribution in [1.82, 2.24) is 20.4 Å². The molecule has 7 heteroatoms. The average molecular weight is 236 g/mol. The highest BCUT2D eigenvalue weighted by Gasteiger charge is 2.29. The van der Waals surface area contributed by atoms with Gasteiger partial charge in [-0.05, 0) is 13.8 Å². The van der Waals surface area contributed by atoms with Gasteiger partial charge in [0.1, 0.15) is 13.1 Å². The molecule has 2 heterocycles. The first-order valence-corrected chi connectivity index (χ1v) is 5.12. The smallest absolute Gasteiger partial charge is 0.258 e. The van der Waals surface area contributed by atoms with Gasteiger partial charge in [-0.2, -0.15) is 5.10 Å². The van der Waals surface area contributed by atoms with Gasteiger partial charge in [-0.3, -0.25) is 24.8 Å². The van der Waals surface area contributed by atoms with Crippen LogP contribution in [0.1, 0.15) is 21.7 Å². The maximum Gasteiger partial charge on any atom is 0.258 e. The number of aromatic nitrogens is 2. The largest absolute Gasteiger partial charge is 0.320 e. The third-order valence-electron chi connectivity index (χ3n) is 2.58. The molecule has 90 valence electrons. The van der Waals surface area contributed by atoms with E-state index >= 15 is 0 Å². The predicted molar refractivity (Wildman–Crippen MR) is 57.1 cm³/mol. The van der Waals surface area contributed by atoms with Crippen LogP contribution in [0.5, 0.6) is 0 Å². The van der Waals surface area contributed by atoms with Crippen molar-refractivity contribution in [2.75, 3.05) is 13.1 Å². The van der Waals surface area contributed by atoms with E-state index < -0.39 is 11.8 Å². The summed E-state index contributed by atoms with van der Waals surface area (Å²) in [5.74, 6) is -1.28. The van der Waals surface area contributed by atoms with E-state index in [0.29, 0.717) is 17.0 Å². The number of amides is 3. The first-order valence-electron chi connectivity index (χ1n) is 5.12. The Bertz CT molecular complexity index is 470. The number of piperazine rings is 1. The molecule has 0 radical (unpaired) electrons. The van der Waals surface area contributed by atoms with Crippen LogP contribution in [-0.2, 0) is 9.59 Å². The number of carbonyl (C=O) groups is 3. The molecule has 1 aromatic heterocycles. The van der Waals surface area contributed by atoms with Crippen LogP contribution < -0.4 is 5.32 Å². The van der Waals surface area contributed by atoms with Gasteiger partial charge in [0.2, 0.25) is 11.8 Å². The van der Waals surface area contributed by atoms with E-state index in [9.17, 15) is 14.4 Å². The van der Waals surface area contributed by atoms with Gasteiger partial charge in [0.15, 0.2) is 0 Å². The predicted octanol–water partition coefficient (Wildman–Crippen LogP) is -0.875. The van der Waals surface area contributed by atoms with E-state index in [1.807, 2.05) is 0 Å². The fourth-order valence-corrected chi connectivity index (χ4v) is 1.80. The van der Waals surface area contributed by atoms with Gasteiger partial charge in [0.25, 0.3) is 5.91 Å². The molecule has 0 aliphatic carbocycles. The van der Waals surface area contributed by atoms with E-state index in [0.717, 1.165) is 0 Å². The molecule has 0 bridgehead atoms. The summed E-state index contributed by atoms with van der Waals surface area (Å²) in [6.07, 6.45) is 0. The molecule has 7 nitrogen and oxygen atoms in total. The lowest BCUT2D eigenvalue weighted by Gasteiger charge is -2.25. The zero-order valence-electron chi connectivity index (χ0n) is 9.53. The van der Waals surface area contributed by atoms with Gasteiger partial charge in [-0.1, -0.05) is 0 Å². The molecule has 0 atom stereocenters. The Morgan fingerprint density at radius 3 is 2.29 bits per heavy atom. The Kier molecular flexibility index (Phi) is 2.66. The molecule has 1 fully saturated rings. The molecule has 2 rings (SSSR count). The minimum absolute atomic E-state index is 0.103. The van der Waals surface area contributed by atoms with Gasteiger partial charge in [-0.15, -0.1) is 0 Å². The van der Waals surface area contributed by atoms with Gasteiger partial charge >= 0.3 is 0 Å². The van der Waals surface area contributed by atoms with E-state index in [1.165, 1.54) is 4.90 Å². The number of carbonyl (C=O) groups excluding carboxylic acids is 3. The van der Waals surface area contributed by atoms with E-state index in [4.69, 9.17) is 0 Å². The van der Waals surface area contributed by atoms with Gasteiger partial charge in [0, 0.05) is 5.69 Å². The number of rotatable bonds is 1. The molecule has 17 heavy (non-hydrogen) atoms. The number of H-pyrrole nitrogens is 1. The Labute approximate surface area is 97.2 Å². The Morgan fingerprint density at radius 2 is 1.82 bits per heavy atom. The number of hydrogen-bond acceptors (Lipinski definition) is 4. The van der Waals surface area contributed by atoms with Crippen molar-refractivity contribution in [1.29, 1.82) is 0 Å². The molecule has 0 unspecified atom stereocenters. The summed E-state index contributed by atoms with van der Waals surface area (Å²) in [5.41, 5.74) is 1.62. The monoisotopic (exact) mass is 236 g/mol. The molecule has 0 saturated carbocycles. The Balaban J connectivity index is 2.26. The van der Waals surface area contributed by atoms with E-state index in [1.54, 1.807) is 13.8 Å². The molecule has 0 aromatic carbocycles. The number of nitrogens with zero attached hydrogens (tertiary/aromatic N) is 2. The van der Waals surface area contributed by atoms with Crippen LogP contribution in [0.2, 0.25) is 0 Å². The topological polar surface area (TPSA) is 95.2 Å². The highest BCUT2D eigenvalue weighted by molar-refractivity contribution is 6.06. The number of aromatic amines is 1. The second-order valence-corrected chi connectivity index (χ2v) is 3.94. The zero-order valence-corrected chi connectivity index (χ0v) is 9.53. The third kappa shape index (κ3) is 2.03. The van der Waals surface area contributed by atoms with Crippen molar-refractivity contribution in [2.45, 2.75) is 13.8 Å². The highest BCUT2D eigenvalue weighted by Crippen LogP contribution is 2.13. The lowest BCUT2D eigenvalue weighted by atomic mass is 10.1. The number of hydrogen-bond donors (Lipinski definition) is 2. The summed E-state index contributed by atoms with van der Waals surface area (Å²) in [5, 5.41) is 8.75. The van der Waals surface area contributed by atoms with Gasteiger partial charge < -0.3 is 4.90 Å². The molecule has 1 aliphatic heterocycles. The SMILES string of the molecule is Cc1n[nH]c(C)c1C(=O)N1CC(=O)NC(=O)C1. The molecule has 1 aromatic rings. The van der Waals surface area contributed by atoms with Crippen LogP contribution in [0.15, 0.2) is 0 Å². The van der Waals surface area contributed by atoms with Crippen LogP contribution in [0.25, 0.3) is 0 Å². The van der Waals surface area contributed by atoms with Crippen molar-refractivity contribution in [2.24, 2.45) is 0 Å². The highest BCUT2D eigenvalue weighted by atomic mass is 16.2. The molecule has 1 saturated heterocycles. The van der Waals surface area contributed by atoms with Crippen LogP contribution in [-0.4, -0.2) is 45.9 Å². The minimum Gasteiger partial charge on any atom is -0.320 e. The molecular formula is C10H12N4O3. The second-order valence-electron chi connectivity index (χ2n) is 3.94. The van der Waals surface area contributed by atoms with Gasteiger partial charge in [-0.25, -0.2) is 0 Å². The normalized spacial score (nSPS) is 16.0. The number of aryl methyl sites for hydroxylation is 2. The van der Waals surface area contributed by atoms with Crippen molar-refractivity contribution in [3.8, 4) is 0 Å². The van der Waals surface area contributed by atoms with Crippen molar-refractivity contribution >= 4 is 17.7 Å². The maximum atomic E-state index is 12.1. The van der Waals surface area contributed by atoms with Crippen LogP contribution in [0.3, 0.4) is 0 Å². The number of imide groups is 1. The van der Waals surface area contributed by atoms with Crippen molar-refractivity contribution < 1.29 is 14.4 Å². The zero-order chi connectivity index (χ0) is 12.6. The standard InChI is InChI=1S/C10H12N4O3/c1-5-9(6(2)13-12-5)10(17)14-3-7(15)11-8(16)4-14/h3-4H2,1-2H3,(H,12,13)(H,11,15,16). The van der Waals surface area contributed by atoms with Gasteiger partial charge in [0.05, 0.1) is 11.3 Å². The molecule has 0 spiro atoms. The Hall–Kier alpha value is -2.18. The minimum atomic E-state index is -0.464. The summed E-state index contributed by atoms with van der Waals surface area (Å²) >= 11 is 0. The molecule has 2 N–H and O–H groups in total. The summed E-state index contributed by atoms with van der Waals surface area (Å²) < 4.78 is 0. The van der Waals surface area contributed by atoms with E-state index in [-0.39, 0.29) is 19.0 Å². The fraction of sp³-hybridized carbons (Fsp3) is 0.400. The summed E-state index contributed by atoms with van der Waals surface area (Å²) in [6, 6.07) is 0. The van der Waals surface area contributed by atoms with Crippen LogP contribution in [0.4, 0.5) is 0 Å².